The predicted octanol–water partition coefficient (Wildman–Crippen LogP) is 0.449. The highest BCUT2D eigenvalue weighted by atomic mass is 16.6. The third-order valence-electron chi connectivity index (χ3n) is 4.31. The maximum atomic E-state index is 12.1. The van der Waals surface area contributed by atoms with Crippen molar-refractivity contribution in [1.29, 1.82) is 0 Å². The van der Waals surface area contributed by atoms with Gasteiger partial charge in [-0.05, 0) is 25.7 Å². The van der Waals surface area contributed by atoms with Gasteiger partial charge in [0.15, 0.2) is 0 Å². The van der Waals surface area contributed by atoms with Crippen molar-refractivity contribution < 1.29 is 19.1 Å². The van der Waals surface area contributed by atoms with E-state index in [0.717, 1.165) is 12.8 Å². The molecule has 1 heterocycles. The van der Waals surface area contributed by atoms with Gasteiger partial charge in [0.05, 0.1) is 13.2 Å². The Morgan fingerprint density at radius 3 is 2.27 bits per heavy atom. The van der Waals surface area contributed by atoms with Gasteiger partial charge in [-0.25, -0.2) is 4.79 Å². The molecule has 1 saturated carbocycles. The summed E-state index contributed by atoms with van der Waals surface area (Å²) in [7, 11) is 0. The van der Waals surface area contributed by atoms with Crippen molar-refractivity contribution >= 4 is 17.9 Å². The fourth-order valence-corrected chi connectivity index (χ4v) is 2.60. The Morgan fingerprint density at radius 1 is 1.14 bits per heavy atom. The van der Waals surface area contributed by atoms with Gasteiger partial charge in [-0.15, -0.1) is 0 Å². The van der Waals surface area contributed by atoms with Crippen molar-refractivity contribution in [3.8, 4) is 0 Å². The van der Waals surface area contributed by atoms with Gasteiger partial charge in [-0.2, -0.15) is 0 Å². The molecule has 1 unspecified atom stereocenters. The lowest BCUT2D eigenvalue weighted by atomic mass is 10.1. The first-order chi connectivity index (χ1) is 10.5. The van der Waals surface area contributed by atoms with Crippen LogP contribution in [0.5, 0.6) is 0 Å². The minimum atomic E-state index is -0.332. The first-order valence-corrected chi connectivity index (χ1v) is 8.00. The van der Waals surface area contributed by atoms with E-state index < -0.39 is 0 Å². The van der Waals surface area contributed by atoms with E-state index in [9.17, 15) is 14.4 Å². The molecule has 0 aromatic rings. The summed E-state index contributed by atoms with van der Waals surface area (Å²) < 4.78 is 4.94. The zero-order chi connectivity index (χ0) is 16.1. The molecule has 0 bridgehead atoms. The maximum absolute atomic E-state index is 12.1. The molecule has 1 atom stereocenters. The molecule has 22 heavy (non-hydrogen) atoms. The van der Waals surface area contributed by atoms with Gasteiger partial charge in [-0.3, -0.25) is 9.59 Å². The van der Waals surface area contributed by atoms with Crippen molar-refractivity contribution in [2.45, 2.75) is 26.7 Å². The molecule has 3 amide bonds. The molecule has 1 N–H and O–H groups in total. The summed E-state index contributed by atoms with van der Waals surface area (Å²) in [6.07, 6.45) is 1.89. The highest BCUT2D eigenvalue weighted by Gasteiger charge is 2.33. The maximum Gasteiger partial charge on any atom is 0.409 e. The number of nitrogens with one attached hydrogen (secondary N) is 1. The van der Waals surface area contributed by atoms with Crippen molar-refractivity contribution in [1.82, 2.24) is 15.1 Å². The van der Waals surface area contributed by atoms with Crippen LogP contribution in [0, 0.1) is 11.8 Å². The molecule has 1 saturated heterocycles. The number of hydrogen-bond acceptors (Lipinski definition) is 4. The summed E-state index contributed by atoms with van der Waals surface area (Å²) >= 11 is 0. The second kappa shape index (κ2) is 7.47. The topological polar surface area (TPSA) is 79.0 Å². The Balaban J connectivity index is 1.68. The highest BCUT2D eigenvalue weighted by molar-refractivity contribution is 5.86. The lowest BCUT2D eigenvalue weighted by Gasteiger charge is -2.34. The number of piperazine rings is 1. The molecular weight excluding hydrogens is 286 g/mol. The first kappa shape index (κ1) is 16.6. The highest BCUT2D eigenvalue weighted by Crippen LogP contribution is 2.36. The van der Waals surface area contributed by atoms with Crippen LogP contribution < -0.4 is 5.32 Å². The van der Waals surface area contributed by atoms with Crippen LogP contribution in [0.15, 0.2) is 0 Å². The van der Waals surface area contributed by atoms with Crippen molar-refractivity contribution in [3.05, 3.63) is 0 Å². The molecule has 2 aliphatic rings. The Kier molecular flexibility index (Phi) is 5.63. The molecule has 124 valence electrons. The SMILES string of the molecule is CCOC(=O)N1CCN(C(=O)CNC(=O)C(C)C2CC2)CC1. The molecule has 7 heteroatoms. The van der Waals surface area contributed by atoms with Crippen LogP contribution in [0.2, 0.25) is 0 Å². The number of ether oxygens (including phenoxy) is 1. The first-order valence-electron chi connectivity index (χ1n) is 8.00. The summed E-state index contributed by atoms with van der Waals surface area (Å²) in [4.78, 5) is 38.8. The van der Waals surface area contributed by atoms with E-state index in [1.165, 1.54) is 0 Å². The normalized spacial score (nSPS) is 19.5. The number of nitrogens with zero attached hydrogens (tertiary/aromatic N) is 2. The van der Waals surface area contributed by atoms with Gasteiger partial charge in [0.2, 0.25) is 11.8 Å². The Hall–Kier alpha value is -1.79. The molecule has 2 fully saturated rings. The number of carbonyl (C=O) groups is 3. The predicted molar refractivity (Wildman–Crippen MR) is 80.1 cm³/mol. The van der Waals surface area contributed by atoms with Crippen LogP contribution in [0.4, 0.5) is 4.79 Å². The summed E-state index contributed by atoms with van der Waals surface area (Å²) in [5.74, 6) is 0.345. The van der Waals surface area contributed by atoms with Gasteiger partial charge >= 0.3 is 6.09 Å². The van der Waals surface area contributed by atoms with Crippen LogP contribution in [0.1, 0.15) is 26.7 Å². The average Bonchev–Trinajstić information content (AvgIpc) is 3.36. The van der Waals surface area contributed by atoms with Gasteiger partial charge in [-0.1, -0.05) is 6.92 Å². The van der Waals surface area contributed by atoms with Gasteiger partial charge in [0, 0.05) is 32.1 Å². The van der Waals surface area contributed by atoms with Crippen LogP contribution in [-0.4, -0.2) is 67.0 Å². The second-order valence-electron chi connectivity index (χ2n) is 5.91. The molecule has 1 aliphatic heterocycles. The number of amides is 3. The van der Waals surface area contributed by atoms with Crippen molar-refractivity contribution in [3.63, 3.8) is 0 Å². The van der Waals surface area contributed by atoms with E-state index in [4.69, 9.17) is 4.74 Å². The standard InChI is InChI=1S/C15H25N3O4/c1-3-22-15(21)18-8-6-17(7-9-18)13(19)10-16-14(20)11(2)12-4-5-12/h11-12H,3-10H2,1-2H3,(H,16,20). The zero-order valence-corrected chi connectivity index (χ0v) is 13.3. The molecule has 7 nitrogen and oxygen atoms in total. The second-order valence-corrected chi connectivity index (χ2v) is 5.91. The summed E-state index contributed by atoms with van der Waals surface area (Å²) in [5.41, 5.74) is 0. The van der Waals surface area contributed by atoms with E-state index in [2.05, 4.69) is 5.32 Å². The number of rotatable bonds is 5. The quantitative estimate of drug-likeness (QED) is 0.799. The molecule has 0 spiro atoms. The van der Waals surface area contributed by atoms with Gasteiger partial charge in [0.25, 0.3) is 0 Å². The lowest BCUT2D eigenvalue weighted by Crippen LogP contribution is -2.53. The fourth-order valence-electron chi connectivity index (χ4n) is 2.60. The smallest absolute Gasteiger partial charge is 0.409 e. The number of hydrogen-bond donors (Lipinski definition) is 1. The Labute approximate surface area is 131 Å². The van der Waals surface area contributed by atoms with E-state index in [1.54, 1.807) is 16.7 Å². The minimum absolute atomic E-state index is 0.00605. The third-order valence-corrected chi connectivity index (χ3v) is 4.31. The van der Waals surface area contributed by atoms with E-state index in [-0.39, 0.29) is 30.4 Å². The van der Waals surface area contributed by atoms with Gasteiger partial charge in [0.1, 0.15) is 0 Å². The molecular formula is C15H25N3O4. The van der Waals surface area contributed by atoms with Crippen LogP contribution in [0.25, 0.3) is 0 Å². The lowest BCUT2D eigenvalue weighted by molar-refractivity contribution is -0.135. The summed E-state index contributed by atoms with van der Waals surface area (Å²) in [5, 5.41) is 2.72. The zero-order valence-electron chi connectivity index (χ0n) is 13.3. The Bertz CT molecular complexity index is 429. The molecule has 1 aliphatic carbocycles. The van der Waals surface area contributed by atoms with E-state index in [0.29, 0.717) is 38.7 Å². The van der Waals surface area contributed by atoms with Crippen LogP contribution in [0.3, 0.4) is 0 Å². The van der Waals surface area contributed by atoms with Crippen LogP contribution in [-0.2, 0) is 14.3 Å². The summed E-state index contributed by atoms with van der Waals surface area (Å²) in [6.45, 7) is 5.96. The third kappa shape index (κ3) is 4.35. The largest absolute Gasteiger partial charge is 0.450 e. The van der Waals surface area contributed by atoms with Crippen molar-refractivity contribution in [2.75, 3.05) is 39.3 Å². The fraction of sp³-hybridized carbons (Fsp3) is 0.800. The monoisotopic (exact) mass is 311 g/mol. The molecule has 0 radical (unpaired) electrons. The minimum Gasteiger partial charge on any atom is -0.450 e. The molecule has 0 aromatic heterocycles. The number of carbonyl (C=O) groups excluding carboxylic acids is 3. The van der Waals surface area contributed by atoms with E-state index >= 15 is 0 Å². The van der Waals surface area contributed by atoms with E-state index in [1.807, 2.05) is 6.92 Å². The Morgan fingerprint density at radius 2 is 1.73 bits per heavy atom. The molecule has 2 rings (SSSR count). The van der Waals surface area contributed by atoms with Crippen LogP contribution >= 0.6 is 0 Å². The average molecular weight is 311 g/mol. The molecule has 0 aromatic carbocycles. The summed E-state index contributed by atoms with van der Waals surface area (Å²) in [6, 6.07) is 0. The van der Waals surface area contributed by atoms with Crippen molar-refractivity contribution in [2.24, 2.45) is 11.8 Å². The van der Waals surface area contributed by atoms with Gasteiger partial charge < -0.3 is 19.9 Å².